The number of H-pyrrole nitrogens is 4. The molecule has 10 heterocycles. The van der Waals surface area contributed by atoms with E-state index in [0.29, 0.717) is 99.9 Å². The van der Waals surface area contributed by atoms with Crippen LogP contribution in [0, 0.1) is 35.5 Å². The van der Waals surface area contributed by atoms with Crippen LogP contribution in [0.1, 0.15) is 149 Å². The first kappa shape index (κ1) is 88.2. The minimum Gasteiger partial charge on any atom is -0.488 e. The number of hydrogen-bond donors (Lipinski definition) is 8. The van der Waals surface area contributed by atoms with Gasteiger partial charge in [0, 0.05) is 74.1 Å². The van der Waals surface area contributed by atoms with Gasteiger partial charge in [-0.15, -0.1) is 0 Å². The van der Waals surface area contributed by atoms with Crippen LogP contribution in [0.15, 0.2) is 158 Å². The fourth-order valence-electron chi connectivity index (χ4n) is 19.5. The van der Waals surface area contributed by atoms with Gasteiger partial charge < -0.3 is 98.7 Å². The zero-order valence-corrected chi connectivity index (χ0v) is 74.7. The summed E-state index contributed by atoms with van der Waals surface area (Å²) in [5, 5.41) is 14.8. The number of aromatic amines is 4. The van der Waals surface area contributed by atoms with E-state index in [1.807, 2.05) is 123 Å². The number of alkyl carbamates (subject to hydrolysis) is 4. The van der Waals surface area contributed by atoms with Gasteiger partial charge in [-0.3, -0.25) is 19.2 Å². The molecule has 32 heteroatoms. The molecule has 12 atom stereocenters. The number of methoxy groups -OCH3 is 6. The van der Waals surface area contributed by atoms with Gasteiger partial charge in [0.25, 0.3) is 11.8 Å². The first-order valence-electron chi connectivity index (χ1n) is 44.1. The average molecular weight is 1770 g/mol. The third-order valence-corrected chi connectivity index (χ3v) is 26.0. The molecule has 4 saturated heterocycles. The Hall–Kier alpha value is -13.9. The lowest BCUT2D eigenvalue weighted by atomic mass is 9.92. The standard InChI is InChI=1S/2C49H54N8O8/c1-26(2)41(54-48(60)63-5)46(58)57-23-28(24-62-4)17-39(57)45-51-36-15-13-30-19-35-33-14-12-31(18-32(33)25-65-40(35)20-34(30)43(36)53-45)37-21-50-44(52-37)38-16-27(3)22-56(38)47(59)42(55-49(61)64-6)29-10-8-7-9-11-29;1-26(2)41(54-48(60)63-5)46(58)56-22-27(3)16-38(56)44-50-21-37(52-44)31-12-14-33-32(18-31)25-65-40-20-34-30(19-35(33)40)13-15-36-43(34)53-45(51-36)39-17-28(24-62-4)23-57(39)47(59)42(55-49(61)64-6)29-10-8-7-9-11-29/h2*7-15,18-21,26-28,38-39,41-42H,16-17,22-25H2,1-6H3,(H,50,52)(H,51,53)(H,54,60)(H,55,61)/t2*27-,28-,38-,39-,41-,42+/m00/s1. The number of fused-ring (bicyclic) bond motifs is 12. The van der Waals surface area contributed by atoms with Crippen LogP contribution < -0.4 is 30.7 Å². The fourth-order valence-corrected chi connectivity index (χ4v) is 19.5. The molecular weight excluding hydrogens is 1660 g/mol. The molecule has 0 unspecified atom stereocenters. The molecule has 6 aliphatic heterocycles. The maximum Gasteiger partial charge on any atom is 0.407 e. The lowest BCUT2D eigenvalue weighted by Crippen LogP contribution is -2.51. The number of nitrogens with one attached hydrogen (secondary N) is 8. The van der Waals surface area contributed by atoms with Gasteiger partial charge in [0.15, 0.2) is 0 Å². The van der Waals surface area contributed by atoms with Crippen molar-refractivity contribution < 1.29 is 76.3 Å². The molecule has 0 aliphatic carbocycles. The van der Waals surface area contributed by atoms with Gasteiger partial charge in [0.05, 0.1) is 112 Å². The van der Waals surface area contributed by atoms with Crippen molar-refractivity contribution in [3.05, 3.63) is 204 Å². The van der Waals surface area contributed by atoms with E-state index >= 15 is 0 Å². The lowest BCUT2D eigenvalue weighted by Gasteiger charge is -2.30. The van der Waals surface area contributed by atoms with E-state index < -0.39 is 54.6 Å². The molecule has 676 valence electrons. The summed E-state index contributed by atoms with van der Waals surface area (Å²) in [6.45, 7) is 15.5. The number of aromatic nitrogens is 8. The van der Waals surface area contributed by atoms with E-state index in [1.54, 1.807) is 30.2 Å². The normalized spacial score (nSPS) is 20.0. The van der Waals surface area contributed by atoms with E-state index in [1.165, 1.54) is 28.4 Å². The summed E-state index contributed by atoms with van der Waals surface area (Å²) in [5.41, 5.74) is 14.2. The Morgan fingerprint density at radius 3 is 1.18 bits per heavy atom. The van der Waals surface area contributed by atoms with Crippen molar-refractivity contribution >= 4 is 91.6 Å². The third kappa shape index (κ3) is 17.6. The van der Waals surface area contributed by atoms with E-state index in [0.717, 1.165) is 124 Å². The number of hydrogen-bond acceptors (Lipinski definition) is 20. The number of nitrogens with zero attached hydrogens (tertiary/aromatic N) is 8. The Balaban J connectivity index is 0.000000182. The summed E-state index contributed by atoms with van der Waals surface area (Å²) in [6.07, 6.45) is 3.69. The second kappa shape index (κ2) is 37.4. The van der Waals surface area contributed by atoms with E-state index in [9.17, 15) is 38.4 Å². The number of amides is 8. The highest BCUT2D eigenvalue weighted by Crippen LogP contribution is 2.48. The van der Waals surface area contributed by atoms with Crippen molar-refractivity contribution in [2.45, 2.75) is 129 Å². The van der Waals surface area contributed by atoms with Gasteiger partial charge in [0.1, 0.15) is 72.2 Å². The monoisotopic (exact) mass is 1760 g/mol. The molecule has 4 fully saturated rings. The number of benzene rings is 8. The zero-order chi connectivity index (χ0) is 91.0. The largest absolute Gasteiger partial charge is 0.488 e. The molecule has 6 aliphatic rings. The van der Waals surface area contributed by atoms with Crippen LogP contribution in [0.4, 0.5) is 19.2 Å². The number of rotatable bonds is 22. The number of imidazole rings is 4. The number of ether oxygens (including phenoxy) is 8. The predicted octanol–water partition coefficient (Wildman–Crippen LogP) is 15.2. The second-order valence-electron chi connectivity index (χ2n) is 35.5. The van der Waals surface area contributed by atoms with Crippen LogP contribution in [-0.4, -0.2) is 202 Å². The smallest absolute Gasteiger partial charge is 0.407 e. The summed E-state index contributed by atoms with van der Waals surface area (Å²) in [7, 11) is 8.45. The van der Waals surface area contributed by atoms with E-state index in [-0.39, 0.29) is 77.3 Å². The Bertz CT molecular complexity index is 6290. The molecule has 0 bridgehead atoms. The molecule has 0 radical (unpaired) electrons. The Morgan fingerprint density at radius 2 is 0.792 bits per heavy atom. The van der Waals surface area contributed by atoms with E-state index in [4.69, 9.17) is 57.8 Å². The maximum atomic E-state index is 14.4. The molecule has 12 aromatic rings. The molecular formula is C98H108N16O16. The van der Waals surface area contributed by atoms with Crippen molar-refractivity contribution in [1.82, 2.24) is 80.7 Å². The van der Waals surface area contributed by atoms with Gasteiger partial charge in [-0.05, 0) is 153 Å². The van der Waals surface area contributed by atoms with E-state index in [2.05, 4.69) is 122 Å². The maximum absolute atomic E-state index is 14.4. The Kier molecular flexibility index (Phi) is 25.4. The quantitative estimate of drug-likeness (QED) is 0.0292. The van der Waals surface area contributed by atoms with Crippen LogP contribution in [0.5, 0.6) is 11.5 Å². The van der Waals surface area contributed by atoms with Gasteiger partial charge in [-0.2, -0.15) is 0 Å². The summed E-state index contributed by atoms with van der Waals surface area (Å²) in [4.78, 5) is 147. The lowest BCUT2D eigenvalue weighted by molar-refractivity contribution is -0.136. The Labute approximate surface area is 750 Å². The molecule has 0 saturated carbocycles. The summed E-state index contributed by atoms with van der Waals surface area (Å²) < 4.78 is 43.4. The van der Waals surface area contributed by atoms with Crippen LogP contribution in [-0.2, 0) is 60.8 Å². The zero-order valence-electron chi connectivity index (χ0n) is 74.7. The number of likely N-dealkylation sites (tertiary alicyclic amines) is 4. The summed E-state index contributed by atoms with van der Waals surface area (Å²) in [6, 6.07) is 42.8. The van der Waals surface area contributed by atoms with Crippen molar-refractivity contribution in [1.29, 1.82) is 0 Å². The van der Waals surface area contributed by atoms with Crippen LogP contribution >= 0.6 is 0 Å². The van der Waals surface area contributed by atoms with Crippen molar-refractivity contribution in [3.63, 3.8) is 0 Å². The van der Waals surface area contributed by atoms with Gasteiger partial charge >= 0.3 is 24.4 Å². The highest BCUT2D eigenvalue weighted by Gasteiger charge is 2.46. The molecule has 0 spiro atoms. The SMILES string of the molecule is COC[C@H]1C[C@@H](c2nc3c(ccc4cc5c(cc43)OCc3cc(-c4cnc([C@@H]6C[C@H](C)CN6C(=O)[C@@H](NC(=O)OC)C(C)C)[nH]4)ccc3-5)[nH]2)N(C(=O)[C@H](NC(=O)OC)c2ccccc2)C1.COC[C@H]1C[C@@H](c2nc3c(ccc4cc5c(cc43)OCc3cc(-c4cnc([C@@H]6C[C@H](C)CN6C(=O)[C@H](NC(=O)OC)c6ccccc6)[nH]4)ccc3-5)[nH]2)N(C(=O)[C@@H](NC(=O)OC)C(C)C)C1. The number of carbonyl (C=O) groups is 8. The topological polar surface area (TPSA) is 386 Å². The predicted molar refractivity (Wildman–Crippen MR) is 485 cm³/mol. The molecule has 4 aromatic heterocycles. The highest BCUT2D eigenvalue weighted by molar-refractivity contribution is 6.09. The first-order valence-corrected chi connectivity index (χ1v) is 44.1. The summed E-state index contributed by atoms with van der Waals surface area (Å²) >= 11 is 0. The van der Waals surface area contributed by atoms with Crippen LogP contribution in [0.2, 0.25) is 0 Å². The van der Waals surface area contributed by atoms with Gasteiger partial charge in [-0.25, -0.2) is 39.1 Å². The van der Waals surface area contributed by atoms with Crippen molar-refractivity contribution in [3.8, 4) is 56.3 Å². The highest BCUT2D eigenvalue weighted by atomic mass is 16.6. The molecule has 8 aromatic carbocycles. The first-order chi connectivity index (χ1) is 62.9. The minimum absolute atomic E-state index is 0.0581. The molecule has 18 rings (SSSR count). The summed E-state index contributed by atoms with van der Waals surface area (Å²) in [5.74, 6) is 3.69. The molecule has 8 N–H and O–H groups in total. The fraction of sp³-hybridized carbons (Fsp3) is 0.388. The Morgan fingerprint density at radius 1 is 0.415 bits per heavy atom. The second-order valence-corrected chi connectivity index (χ2v) is 35.5. The van der Waals surface area contributed by atoms with Crippen LogP contribution in [0.3, 0.4) is 0 Å². The van der Waals surface area contributed by atoms with Crippen LogP contribution in [0.25, 0.3) is 88.4 Å². The average Bonchev–Trinajstić information content (AvgIpc) is 1.62. The number of carbonyl (C=O) groups excluding carboxylic acids is 8. The van der Waals surface area contributed by atoms with Gasteiger partial charge in [0.2, 0.25) is 11.8 Å². The molecule has 130 heavy (non-hydrogen) atoms. The molecule has 32 nitrogen and oxygen atoms in total. The minimum atomic E-state index is -0.955. The van der Waals surface area contributed by atoms with Crippen molar-refractivity contribution in [2.75, 3.05) is 82.1 Å². The van der Waals surface area contributed by atoms with Crippen molar-refractivity contribution in [2.24, 2.45) is 35.5 Å². The van der Waals surface area contributed by atoms with Gasteiger partial charge in [-0.1, -0.05) is 139 Å². The molecule has 8 amide bonds. The third-order valence-electron chi connectivity index (χ3n) is 26.0.